The Morgan fingerprint density at radius 1 is 1.31 bits per heavy atom. The number of fused-ring (bicyclic) bond motifs is 2. The molecule has 1 aliphatic rings. The molecular weight excluding hydrogens is 374 g/mol. The molecule has 0 unspecified atom stereocenters. The molecule has 0 saturated carbocycles. The lowest BCUT2D eigenvalue weighted by Crippen LogP contribution is -2.30. The fraction of sp³-hybridized carbons (Fsp3) is 0.222. The Morgan fingerprint density at radius 2 is 2.15 bits per heavy atom. The fourth-order valence-corrected chi connectivity index (χ4v) is 3.64. The third-order valence-electron chi connectivity index (χ3n) is 3.98. The number of carbonyl (C=O) groups is 1. The zero-order valence-corrected chi connectivity index (χ0v) is 15.5. The first-order valence-corrected chi connectivity index (χ1v) is 9.32. The van der Waals surface area contributed by atoms with Gasteiger partial charge in [-0.05, 0) is 42.8 Å². The van der Waals surface area contributed by atoms with Crippen LogP contribution in [0.5, 0.6) is 11.5 Å². The van der Waals surface area contributed by atoms with E-state index in [1.807, 2.05) is 37.3 Å². The largest absolute Gasteiger partial charge is 0.454 e. The summed E-state index contributed by atoms with van der Waals surface area (Å²) in [5, 5.41) is 3.98. The Hall–Kier alpha value is -2.38. The zero-order chi connectivity index (χ0) is 18.1. The molecule has 6 nitrogen and oxygen atoms in total. The van der Waals surface area contributed by atoms with E-state index in [9.17, 15) is 4.79 Å². The van der Waals surface area contributed by atoms with Crippen LogP contribution in [-0.4, -0.2) is 27.9 Å². The number of hydrogen-bond acceptors (Lipinski definition) is 5. The van der Waals surface area contributed by atoms with Gasteiger partial charge in [0.15, 0.2) is 16.7 Å². The predicted octanol–water partition coefficient (Wildman–Crippen LogP) is 3.74. The summed E-state index contributed by atoms with van der Waals surface area (Å²) in [6.45, 7) is 2.51. The molecule has 4 rings (SSSR count). The average molecular weight is 390 g/mol. The van der Waals surface area contributed by atoms with Crippen molar-refractivity contribution in [3.63, 3.8) is 0 Å². The van der Waals surface area contributed by atoms with Crippen LogP contribution < -0.4 is 14.8 Å². The highest BCUT2D eigenvalue weighted by molar-refractivity contribution is 8.00. The van der Waals surface area contributed by atoms with Crippen LogP contribution in [0.15, 0.2) is 41.6 Å². The lowest BCUT2D eigenvalue weighted by molar-refractivity contribution is -0.120. The molecule has 0 spiro atoms. The first kappa shape index (κ1) is 17.1. The van der Waals surface area contributed by atoms with Crippen LogP contribution in [0.3, 0.4) is 0 Å². The van der Waals surface area contributed by atoms with Gasteiger partial charge in [0.05, 0.1) is 16.3 Å². The number of rotatable bonds is 5. The van der Waals surface area contributed by atoms with Gasteiger partial charge >= 0.3 is 0 Å². The summed E-state index contributed by atoms with van der Waals surface area (Å²) in [4.78, 5) is 20.0. The van der Waals surface area contributed by atoms with Gasteiger partial charge in [0.1, 0.15) is 0 Å². The summed E-state index contributed by atoms with van der Waals surface area (Å²) >= 11 is 7.36. The SMILES string of the molecule is C[C@H](Sc1nc2ccc(Cl)cc2[nH]1)C(=O)NCc1ccc2c(c1)OCO2. The van der Waals surface area contributed by atoms with Crippen LogP contribution in [0, 0.1) is 0 Å². The normalized spacial score (nSPS) is 13.8. The van der Waals surface area contributed by atoms with E-state index in [4.69, 9.17) is 21.1 Å². The average Bonchev–Trinajstić information content (AvgIpc) is 3.24. The molecule has 0 aliphatic carbocycles. The van der Waals surface area contributed by atoms with Gasteiger partial charge in [-0.2, -0.15) is 0 Å². The Kier molecular flexibility index (Phi) is 4.65. The minimum atomic E-state index is -0.292. The number of thioether (sulfide) groups is 1. The van der Waals surface area contributed by atoms with Crippen molar-refractivity contribution < 1.29 is 14.3 Å². The van der Waals surface area contributed by atoms with E-state index < -0.39 is 0 Å². The van der Waals surface area contributed by atoms with Crippen molar-refractivity contribution >= 4 is 40.3 Å². The molecule has 134 valence electrons. The van der Waals surface area contributed by atoms with Crippen LogP contribution in [0.1, 0.15) is 12.5 Å². The maximum Gasteiger partial charge on any atom is 0.233 e. The van der Waals surface area contributed by atoms with Gasteiger partial charge in [0.25, 0.3) is 0 Å². The second-order valence-electron chi connectivity index (χ2n) is 5.87. The fourth-order valence-electron chi connectivity index (χ4n) is 2.62. The molecule has 1 aromatic heterocycles. The van der Waals surface area contributed by atoms with E-state index in [1.165, 1.54) is 11.8 Å². The third kappa shape index (κ3) is 3.59. The lowest BCUT2D eigenvalue weighted by atomic mass is 10.2. The number of benzene rings is 2. The minimum absolute atomic E-state index is 0.0637. The van der Waals surface area contributed by atoms with E-state index in [0.717, 1.165) is 22.3 Å². The summed E-state index contributed by atoms with van der Waals surface area (Å²) in [7, 11) is 0. The van der Waals surface area contributed by atoms with Crippen LogP contribution in [0.25, 0.3) is 11.0 Å². The van der Waals surface area contributed by atoms with Crippen molar-refractivity contribution in [1.82, 2.24) is 15.3 Å². The van der Waals surface area contributed by atoms with Crippen molar-refractivity contribution in [3.05, 3.63) is 47.0 Å². The van der Waals surface area contributed by atoms with Crippen LogP contribution in [0.2, 0.25) is 5.02 Å². The molecule has 8 heteroatoms. The van der Waals surface area contributed by atoms with Gasteiger partial charge in [-0.15, -0.1) is 0 Å². The molecule has 1 atom stereocenters. The summed E-state index contributed by atoms with van der Waals surface area (Å²) in [6.07, 6.45) is 0. The number of imidazole rings is 1. The standard InChI is InChI=1S/C18H16ClN3O3S/c1-10(26-18-21-13-4-3-12(19)7-14(13)22-18)17(23)20-8-11-2-5-15-16(6-11)25-9-24-15/h2-7,10H,8-9H2,1H3,(H,20,23)(H,21,22)/t10-/m0/s1. The highest BCUT2D eigenvalue weighted by Crippen LogP contribution is 2.32. The molecule has 1 aliphatic heterocycles. The smallest absolute Gasteiger partial charge is 0.233 e. The van der Waals surface area contributed by atoms with Crippen LogP contribution in [-0.2, 0) is 11.3 Å². The molecule has 26 heavy (non-hydrogen) atoms. The number of halogens is 1. The monoisotopic (exact) mass is 389 g/mol. The number of H-pyrrole nitrogens is 1. The van der Waals surface area contributed by atoms with Crippen molar-refractivity contribution in [2.45, 2.75) is 23.9 Å². The first-order chi connectivity index (χ1) is 12.6. The quantitative estimate of drug-likeness (QED) is 0.650. The minimum Gasteiger partial charge on any atom is -0.454 e. The lowest BCUT2D eigenvalue weighted by Gasteiger charge is -2.11. The van der Waals surface area contributed by atoms with E-state index in [0.29, 0.717) is 22.5 Å². The molecule has 0 saturated heterocycles. The van der Waals surface area contributed by atoms with E-state index in [-0.39, 0.29) is 18.0 Å². The number of carbonyl (C=O) groups excluding carboxylic acids is 1. The van der Waals surface area contributed by atoms with Crippen molar-refractivity contribution in [1.29, 1.82) is 0 Å². The van der Waals surface area contributed by atoms with Gasteiger partial charge in [0.2, 0.25) is 12.7 Å². The third-order valence-corrected chi connectivity index (χ3v) is 5.20. The van der Waals surface area contributed by atoms with Crippen LogP contribution in [0.4, 0.5) is 0 Å². The molecule has 2 heterocycles. The number of aromatic amines is 1. The number of hydrogen-bond donors (Lipinski definition) is 2. The highest BCUT2D eigenvalue weighted by atomic mass is 35.5. The molecule has 1 amide bonds. The Morgan fingerprint density at radius 3 is 3.04 bits per heavy atom. The van der Waals surface area contributed by atoms with E-state index >= 15 is 0 Å². The zero-order valence-electron chi connectivity index (χ0n) is 13.9. The number of aromatic nitrogens is 2. The van der Waals surface area contributed by atoms with Gasteiger partial charge in [0, 0.05) is 11.6 Å². The number of ether oxygens (including phenoxy) is 2. The van der Waals surface area contributed by atoms with Crippen molar-refractivity contribution in [2.75, 3.05) is 6.79 Å². The van der Waals surface area contributed by atoms with Gasteiger partial charge < -0.3 is 19.8 Å². The first-order valence-electron chi connectivity index (χ1n) is 8.06. The number of nitrogens with one attached hydrogen (secondary N) is 2. The van der Waals surface area contributed by atoms with Crippen molar-refractivity contribution in [2.24, 2.45) is 0 Å². The second kappa shape index (κ2) is 7.09. The van der Waals surface area contributed by atoms with E-state index in [2.05, 4.69) is 15.3 Å². The second-order valence-corrected chi connectivity index (χ2v) is 7.63. The summed E-state index contributed by atoms with van der Waals surface area (Å²) in [5.74, 6) is 1.38. The van der Waals surface area contributed by atoms with Crippen molar-refractivity contribution in [3.8, 4) is 11.5 Å². The van der Waals surface area contributed by atoms with Gasteiger partial charge in [-0.3, -0.25) is 4.79 Å². The molecular formula is C18H16ClN3O3S. The highest BCUT2D eigenvalue weighted by Gasteiger charge is 2.18. The Labute approximate surface area is 159 Å². The topological polar surface area (TPSA) is 76.2 Å². The molecule has 0 fully saturated rings. The van der Waals surface area contributed by atoms with Gasteiger partial charge in [-0.25, -0.2) is 4.98 Å². The number of amides is 1. The maximum absolute atomic E-state index is 12.4. The molecule has 0 bridgehead atoms. The maximum atomic E-state index is 12.4. The molecule has 0 radical (unpaired) electrons. The molecule has 3 aromatic rings. The van der Waals surface area contributed by atoms with E-state index in [1.54, 1.807) is 6.07 Å². The molecule has 2 N–H and O–H groups in total. The summed E-state index contributed by atoms with van der Waals surface area (Å²) in [6, 6.07) is 11.1. The molecule has 2 aromatic carbocycles. The number of nitrogens with zero attached hydrogens (tertiary/aromatic N) is 1. The van der Waals surface area contributed by atoms with Crippen LogP contribution >= 0.6 is 23.4 Å². The Bertz CT molecular complexity index is 975. The van der Waals surface area contributed by atoms with Gasteiger partial charge in [-0.1, -0.05) is 29.4 Å². The Balaban J connectivity index is 1.36. The predicted molar refractivity (Wildman–Crippen MR) is 101 cm³/mol. The summed E-state index contributed by atoms with van der Waals surface area (Å²) in [5.41, 5.74) is 2.64. The summed E-state index contributed by atoms with van der Waals surface area (Å²) < 4.78 is 10.6.